The molecule has 0 aromatic heterocycles. The number of nitrogens with zero attached hydrogens (tertiary/aromatic N) is 1. The maximum atomic E-state index is 13.7. The summed E-state index contributed by atoms with van der Waals surface area (Å²) in [5, 5.41) is 0. The molecular formula is C12H18F2N2O2S. The molecule has 0 spiro atoms. The van der Waals surface area contributed by atoms with Gasteiger partial charge in [0.2, 0.25) is 10.0 Å². The first kappa shape index (κ1) is 15.8. The van der Waals surface area contributed by atoms with E-state index in [0.29, 0.717) is 6.42 Å². The van der Waals surface area contributed by atoms with Crippen molar-refractivity contribution in [1.82, 2.24) is 4.31 Å². The molecule has 4 nitrogen and oxygen atoms in total. The Hall–Kier alpha value is -1.21. The first-order valence-corrected chi connectivity index (χ1v) is 7.46. The number of hydrogen-bond donors (Lipinski definition) is 1. The van der Waals surface area contributed by atoms with Gasteiger partial charge >= 0.3 is 0 Å². The molecule has 0 aliphatic heterocycles. The molecule has 0 saturated heterocycles. The highest BCUT2D eigenvalue weighted by molar-refractivity contribution is 7.89. The summed E-state index contributed by atoms with van der Waals surface area (Å²) in [6.45, 7) is 5.35. The van der Waals surface area contributed by atoms with E-state index in [1.165, 1.54) is 0 Å². The summed E-state index contributed by atoms with van der Waals surface area (Å²) in [5.74, 6) is -2.66. The maximum Gasteiger partial charge on any atom is 0.246 e. The van der Waals surface area contributed by atoms with Crippen LogP contribution in [0.3, 0.4) is 0 Å². The fraction of sp³-hybridized carbons (Fsp3) is 0.500. The second kappa shape index (κ2) is 5.83. The van der Waals surface area contributed by atoms with Crippen molar-refractivity contribution in [3.8, 4) is 0 Å². The Morgan fingerprint density at radius 3 is 2.37 bits per heavy atom. The normalized spacial score (nSPS) is 13.8. The quantitative estimate of drug-likeness (QED) is 0.847. The summed E-state index contributed by atoms with van der Waals surface area (Å²) in [7, 11) is -4.10. The highest BCUT2D eigenvalue weighted by atomic mass is 32.2. The van der Waals surface area contributed by atoms with E-state index < -0.39 is 26.6 Å². The summed E-state index contributed by atoms with van der Waals surface area (Å²) in [4.78, 5) is -0.716. The van der Waals surface area contributed by atoms with E-state index in [9.17, 15) is 17.2 Å². The van der Waals surface area contributed by atoms with Crippen molar-refractivity contribution in [1.29, 1.82) is 0 Å². The van der Waals surface area contributed by atoms with Crippen molar-refractivity contribution in [3.05, 3.63) is 23.8 Å². The van der Waals surface area contributed by atoms with Gasteiger partial charge in [0.25, 0.3) is 0 Å². The standard InChI is InChI=1S/C12H18F2N2O2S/c1-4-8(3)16(5-2)19(17,18)11-7-9(15)6-10(13)12(11)14/h6-8H,4-5,15H2,1-3H3. The predicted octanol–water partition coefficient (Wildman–Crippen LogP) is 2.36. The Bertz CT molecular complexity index is 561. The smallest absolute Gasteiger partial charge is 0.246 e. The van der Waals surface area contributed by atoms with Crippen molar-refractivity contribution < 1.29 is 17.2 Å². The number of nitrogen functional groups attached to an aromatic ring is 1. The zero-order chi connectivity index (χ0) is 14.8. The second-order valence-electron chi connectivity index (χ2n) is 4.28. The third-order valence-electron chi connectivity index (χ3n) is 3.00. The highest BCUT2D eigenvalue weighted by Gasteiger charge is 2.31. The molecule has 1 rings (SSSR count). The number of halogens is 2. The van der Waals surface area contributed by atoms with Crippen LogP contribution in [0.1, 0.15) is 27.2 Å². The van der Waals surface area contributed by atoms with Crippen LogP contribution < -0.4 is 5.73 Å². The molecule has 0 saturated carbocycles. The minimum Gasteiger partial charge on any atom is -0.399 e. The lowest BCUT2D eigenvalue weighted by Crippen LogP contribution is -2.38. The Morgan fingerprint density at radius 2 is 1.89 bits per heavy atom. The average molecular weight is 292 g/mol. The number of hydrogen-bond acceptors (Lipinski definition) is 3. The van der Waals surface area contributed by atoms with Gasteiger partial charge in [-0.1, -0.05) is 13.8 Å². The summed E-state index contributed by atoms with van der Waals surface area (Å²) < 4.78 is 52.8. The van der Waals surface area contributed by atoms with Crippen molar-refractivity contribution in [2.24, 2.45) is 0 Å². The largest absolute Gasteiger partial charge is 0.399 e. The van der Waals surface area contributed by atoms with Gasteiger partial charge in [-0.15, -0.1) is 0 Å². The van der Waals surface area contributed by atoms with Crippen LogP contribution in [0.2, 0.25) is 0 Å². The lowest BCUT2D eigenvalue weighted by atomic mass is 10.3. The van der Waals surface area contributed by atoms with Gasteiger partial charge in [-0.05, 0) is 25.5 Å². The third-order valence-corrected chi connectivity index (χ3v) is 5.09. The predicted molar refractivity (Wildman–Crippen MR) is 70.1 cm³/mol. The summed E-state index contributed by atoms with van der Waals surface area (Å²) in [5.41, 5.74) is 5.26. The van der Waals surface area contributed by atoms with Crippen LogP contribution in [0.4, 0.5) is 14.5 Å². The minimum atomic E-state index is -4.10. The molecule has 108 valence electrons. The first-order chi connectivity index (χ1) is 8.75. The SMILES string of the molecule is CCC(C)N(CC)S(=O)(=O)c1cc(N)cc(F)c1F. The number of rotatable bonds is 5. The maximum absolute atomic E-state index is 13.7. The van der Waals surface area contributed by atoms with Gasteiger partial charge in [-0.2, -0.15) is 4.31 Å². The van der Waals surface area contributed by atoms with E-state index in [2.05, 4.69) is 0 Å². The first-order valence-electron chi connectivity index (χ1n) is 6.02. The Labute approximate surface area is 112 Å². The highest BCUT2D eigenvalue weighted by Crippen LogP contribution is 2.25. The van der Waals surface area contributed by atoms with Crippen LogP contribution in [0.15, 0.2) is 17.0 Å². The summed E-state index contributed by atoms with van der Waals surface area (Å²) >= 11 is 0. The third kappa shape index (κ3) is 3.03. The van der Waals surface area contributed by atoms with E-state index in [0.717, 1.165) is 16.4 Å². The lowest BCUT2D eigenvalue weighted by Gasteiger charge is -2.26. The topological polar surface area (TPSA) is 63.4 Å². The molecule has 7 heteroatoms. The molecular weight excluding hydrogens is 274 g/mol. The molecule has 0 aliphatic carbocycles. The molecule has 1 atom stereocenters. The van der Waals surface area contributed by atoms with Gasteiger partial charge in [-0.3, -0.25) is 0 Å². The van der Waals surface area contributed by atoms with Crippen LogP contribution in [0.5, 0.6) is 0 Å². The number of anilines is 1. The molecule has 2 N–H and O–H groups in total. The van der Waals surface area contributed by atoms with Crippen molar-refractivity contribution >= 4 is 15.7 Å². The molecule has 0 amide bonds. The van der Waals surface area contributed by atoms with E-state index in [1.807, 2.05) is 6.92 Å². The monoisotopic (exact) mass is 292 g/mol. The van der Waals surface area contributed by atoms with Gasteiger partial charge in [0, 0.05) is 18.3 Å². The van der Waals surface area contributed by atoms with Crippen LogP contribution in [-0.2, 0) is 10.0 Å². The van der Waals surface area contributed by atoms with E-state index in [1.54, 1.807) is 13.8 Å². The fourth-order valence-electron chi connectivity index (χ4n) is 1.82. The van der Waals surface area contributed by atoms with Crippen LogP contribution in [0, 0.1) is 11.6 Å². The average Bonchev–Trinajstić information content (AvgIpc) is 2.33. The molecule has 0 heterocycles. The van der Waals surface area contributed by atoms with Crippen LogP contribution >= 0.6 is 0 Å². The molecule has 0 radical (unpaired) electrons. The summed E-state index contributed by atoms with van der Waals surface area (Å²) in [6, 6.07) is 1.39. The Morgan fingerprint density at radius 1 is 1.32 bits per heavy atom. The molecule has 0 aliphatic rings. The van der Waals surface area contributed by atoms with Gasteiger partial charge in [0.15, 0.2) is 11.6 Å². The van der Waals surface area contributed by atoms with Crippen LogP contribution in [0.25, 0.3) is 0 Å². The zero-order valence-electron chi connectivity index (χ0n) is 11.2. The molecule has 1 unspecified atom stereocenters. The van der Waals surface area contributed by atoms with Gasteiger partial charge in [0.1, 0.15) is 4.90 Å². The molecule has 1 aromatic rings. The lowest BCUT2D eigenvalue weighted by molar-refractivity contribution is 0.339. The minimum absolute atomic E-state index is 0.127. The number of benzene rings is 1. The molecule has 19 heavy (non-hydrogen) atoms. The van der Waals surface area contributed by atoms with E-state index >= 15 is 0 Å². The summed E-state index contributed by atoms with van der Waals surface area (Å²) in [6.07, 6.45) is 0.569. The molecule has 0 fully saturated rings. The second-order valence-corrected chi connectivity index (χ2v) is 6.14. The van der Waals surface area contributed by atoms with Gasteiger partial charge in [0.05, 0.1) is 0 Å². The van der Waals surface area contributed by atoms with Gasteiger partial charge < -0.3 is 5.73 Å². The van der Waals surface area contributed by atoms with Crippen LogP contribution in [-0.4, -0.2) is 25.3 Å². The fourth-order valence-corrected chi connectivity index (χ4v) is 3.64. The van der Waals surface area contributed by atoms with Gasteiger partial charge in [-0.25, -0.2) is 17.2 Å². The zero-order valence-corrected chi connectivity index (χ0v) is 12.0. The van der Waals surface area contributed by atoms with E-state index in [-0.39, 0.29) is 18.3 Å². The van der Waals surface area contributed by atoms with Crippen molar-refractivity contribution in [2.45, 2.75) is 38.1 Å². The Kier molecular flexibility index (Phi) is 4.86. The number of nitrogens with two attached hydrogens (primary N) is 1. The molecule has 1 aromatic carbocycles. The van der Waals surface area contributed by atoms with E-state index in [4.69, 9.17) is 5.73 Å². The number of sulfonamides is 1. The van der Waals surface area contributed by atoms with Crippen molar-refractivity contribution in [3.63, 3.8) is 0 Å². The Balaban J connectivity index is 3.42. The molecule has 0 bridgehead atoms. The van der Waals surface area contributed by atoms with Crippen molar-refractivity contribution in [2.75, 3.05) is 12.3 Å².